The largest absolute Gasteiger partial charge is 0.486 e. The maximum absolute atomic E-state index is 5.60. The molecule has 1 aromatic carbocycles. The minimum atomic E-state index is 0.241. The number of ether oxygens (including phenoxy) is 2. The molecule has 2 N–H and O–H groups in total. The summed E-state index contributed by atoms with van der Waals surface area (Å²) in [5, 5.41) is 10.2. The van der Waals surface area contributed by atoms with Gasteiger partial charge in [-0.3, -0.25) is 5.10 Å². The molecule has 5 heteroatoms. The second kappa shape index (κ2) is 5.32. The Morgan fingerprint density at radius 1 is 1.32 bits per heavy atom. The molecule has 1 unspecified atom stereocenters. The summed E-state index contributed by atoms with van der Waals surface area (Å²) in [6.07, 6.45) is 3.72. The van der Waals surface area contributed by atoms with Crippen LogP contribution in [0.25, 0.3) is 0 Å². The molecule has 0 fully saturated rings. The van der Waals surface area contributed by atoms with Crippen molar-refractivity contribution in [3.63, 3.8) is 0 Å². The first kappa shape index (κ1) is 12.0. The number of rotatable bonds is 4. The number of nitrogens with one attached hydrogen (secondary N) is 2. The molecule has 1 atom stereocenters. The van der Waals surface area contributed by atoms with Crippen LogP contribution in [0, 0.1) is 0 Å². The number of fused-ring (bicyclic) bond motifs is 1. The lowest BCUT2D eigenvalue weighted by Crippen LogP contribution is -2.19. The molecule has 2 aromatic rings. The summed E-state index contributed by atoms with van der Waals surface area (Å²) in [6, 6.07) is 6.33. The van der Waals surface area contributed by atoms with Crippen LogP contribution in [0.3, 0.4) is 0 Å². The molecule has 0 aliphatic carbocycles. The van der Waals surface area contributed by atoms with Crippen LogP contribution in [-0.2, 0) is 6.54 Å². The molecule has 1 aromatic heterocycles. The Hall–Kier alpha value is -2.01. The van der Waals surface area contributed by atoms with E-state index in [9.17, 15) is 0 Å². The van der Waals surface area contributed by atoms with E-state index in [1.807, 2.05) is 24.5 Å². The molecule has 19 heavy (non-hydrogen) atoms. The van der Waals surface area contributed by atoms with E-state index < -0.39 is 0 Å². The first-order valence-corrected chi connectivity index (χ1v) is 6.43. The second-order valence-corrected chi connectivity index (χ2v) is 4.61. The van der Waals surface area contributed by atoms with Gasteiger partial charge in [0.2, 0.25) is 0 Å². The molecule has 0 bridgehead atoms. The third kappa shape index (κ3) is 2.71. The molecule has 0 radical (unpaired) electrons. The highest BCUT2D eigenvalue weighted by molar-refractivity contribution is 5.44. The molecule has 0 spiro atoms. The summed E-state index contributed by atoms with van der Waals surface area (Å²) < 4.78 is 11.1. The van der Waals surface area contributed by atoms with Gasteiger partial charge in [-0.1, -0.05) is 6.07 Å². The Balaban J connectivity index is 1.67. The zero-order valence-electron chi connectivity index (χ0n) is 10.8. The van der Waals surface area contributed by atoms with Crippen molar-refractivity contribution in [2.24, 2.45) is 0 Å². The van der Waals surface area contributed by atoms with Gasteiger partial charge < -0.3 is 14.8 Å². The minimum Gasteiger partial charge on any atom is -0.486 e. The molecule has 2 heterocycles. The number of hydrogen-bond acceptors (Lipinski definition) is 4. The molecule has 0 amide bonds. The second-order valence-electron chi connectivity index (χ2n) is 4.61. The van der Waals surface area contributed by atoms with E-state index in [1.165, 1.54) is 5.56 Å². The molecule has 3 rings (SSSR count). The molecular weight excluding hydrogens is 242 g/mol. The monoisotopic (exact) mass is 259 g/mol. The zero-order valence-corrected chi connectivity index (χ0v) is 10.8. The van der Waals surface area contributed by atoms with Crippen molar-refractivity contribution in [3.05, 3.63) is 41.7 Å². The van der Waals surface area contributed by atoms with E-state index in [2.05, 4.69) is 28.5 Å². The highest BCUT2D eigenvalue weighted by Crippen LogP contribution is 2.32. The maximum Gasteiger partial charge on any atom is 0.161 e. The number of benzene rings is 1. The van der Waals surface area contributed by atoms with Crippen LogP contribution in [0.4, 0.5) is 0 Å². The van der Waals surface area contributed by atoms with Gasteiger partial charge in [0.1, 0.15) is 13.2 Å². The number of aromatic nitrogens is 2. The SMILES string of the molecule is CC(NCc1cn[nH]c1)c1ccc2c(c1)OCCO2. The topological polar surface area (TPSA) is 59.2 Å². The van der Waals surface area contributed by atoms with Gasteiger partial charge >= 0.3 is 0 Å². The fourth-order valence-electron chi connectivity index (χ4n) is 2.09. The van der Waals surface area contributed by atoms with Crippen molar-refractivity contribution in [1.29, 1.82) is 0 Å². The van der Waals surface area contributed by atoms with Crippen molar-refractivity contribution in [2.75, 3.05) is 13.2 Å². The van der Waals surface area contributed by atoms with Crippen LogP contribution in [0.5, 0.6) is 11.5 Å². The van der Waals surface area contributed by atoms with Gasteiger partial charge in [0.05, 0.1) is 6.20 Å². The van der Waals surface area contributed by atoms with Crippen molar-refractivity contribution < 1.29 is 9.47 Å². The van der Waals surface area contributed by atoms with Gasteiger partial charge in [0, 0.05) is 24.3 Å². The summed E-state index contributed by atoms with van der Waals surface area (Å²) >= 11 is 0. The average molecular weight is 259 g/mol. The van der Waals surface area contributed by atoms with Gasteiger partial charge in [0.15, 0.2) is 11.5 Å². The Bertz CT molecular complexity index is 540. The third-order valence-electron chi connectivity index (χ3n) is 3.23. The highest BCUT2D eigenvalue weighted by Gasteiger charge is 2.14. The Kier molecular flexibility index (Phi) is 3.37. The van der Waals surface area contributed by atoms with Crippen molar-refractivity contribution in [2.45, 2.75) is 19.5 Å². The van der Waals surface area contributed by atoms with Gasteiger partial charge in [-0.2, -0.15) is 5.10 Å². The molecule has 5 nitrogen and oxygen atoms in total. The molecule has 0 saturated heterocycles. The van der Waals surface area contributed by atoms with Crippen LogP contribution in [0.2, 0.25) is 0 Å². The lowest BCUT2D eigenvalue weighted by atomic mass is 10.1. The van der Waals surface area contributed by atoms with Gasteiger partial charge in [0.25, 0.3) is 0 Å². The number of hydrogen-bond donors (Lipinski definition) is 2. The van der Waals surface area contributed by atoms with E-state index in [1.54, 1.807) is 0 Å². The average Bonchev–Trinajstić information content (AvgIpc) is 2.97. The third-order valence-corrected chi connectivity index (χ3v) is 3.23. The molecular formula is C14H17N3O2. The maximum atomic E-state index is 5.60. The molecule has 1 aliphatic heterocycles. The summed E-state index contributed by atoms with van der Waals surface area (Å²) in [4.78, 5) is 0. The Morgan fingerprint density at radius 3 is 2.95 bits per heavy atom. The summed E-state index contributed by atoms with van der Waals surface area (Å²) in [7, 11) is 0. The molecule has 1 aliphatic rings. The summed E-state index contributed by atoms with van der Waals surface area (Å²) in [5.74, 6) is 1.66. The fourth-order valence-corrected chi connectivity index (χ4v) is 2.09. The summed E-state index contributed by atoms with van der Waals surface area (Å²) in [5.41, 5.74) is 2.33. The van der Waals surface area contributed by atoms with E-state index in [0.717, 1.165) is 23.6 Å². The van der Waals surface area contributed by atoms with Crippen LogP contribution >= 0.6 is 0 Å². The van der Waals surface area contributed by atoms with Crippen LogP contribution < -0.4 is 14.8 Å². The first-order valence-electron chi connectivity index (χ1n) is 6.43. The van der Waals surface area contributed by atoms with Crippen molar-refractivity contribution >= 4 is 0 Å². The Morgan fingerprint density at radius 2 is 2.16 bits per heavy atom. The van der Waals surface area contributed by atoms with E-state index in [4.69, 9.17) is 9.47 Å². The van der Waals surface area contributed by atoms with E-state index in [0.29, 0.717) is 13.2 Å². The number of nitrogens with zero attached hydrogens (tertiary/aromatic N) is 1. The smallest absolute Gasteiger partial charge is 0.161 e. The standard InChI is InChI=1S/C14H17N3O2/c1-10(15-7-11-8-16-17-9-11)12-2-3-13-14(6-12)19-5-4-18-13/h2-3,6,8-10,15H,4-5,7H2,1H3,(H,16,17). The van der Waals surface area contributed by atoms with Crippen LogP contribution in [0.15, 0.2) is 30.6 Å². The van der Waals surface area contributed by atoms with Crippen LogP contribution in [0.1, 0.15) is 24.1 Å². The Labute approximate surface area is 111 Å². The van der Waals surface area contributed by atoms with E-state index in [-0.39, 0.29) is 6.04 Å². The summed E-state index contributed by atoms with van der Waals surface area (Å²) in [6.45, 7) is 4.16. The predicted octanol–water partition coefficient (Wildman–Crippen LogP) is 2.03. The van der Waals surface area contributed by atoms with Gasteiger partial charge in [-0.05, 0) is 24.6 Å². The van der Waals surface area contributed by atoms with Crippen molar-refractivity contribution in [3.8, 4) is 11.5 Å². The fraction of sp³-hybridized carbons (Fsp3) is 0.357. The lowest BCUT2D eigenvalue weighted by molar-refractivity contribution is 0.171. The zero-order chi connectivity index (χ0) is 13.1. The highest BCUT2D eigenvalue weighted by atomic mass is 16.6. The number of H-pyrrole nitrogens is 1. The lowest BCUT2D eigenvalue weighted by Gasteiger charge is -2.21. The normalized spacial score (nSPS) is 15.2. The molecule has 0 saturated carbocycles. The minimum absolute atomic E-state index is 0.241. The quantitative estimate of drug-likeness (QED) is 0.882. The molecule has 100 valence electrons. The van der Waals surface area contributed by atoms with Crippen LogP contribution in [-0.4, -0.2) is 23.4 Å². The van der Waals surface area contributed by atoms with Gasteiger partial charge in [-0.15, -0.1) is 0 Å². The first-order chi connectivity index (χ1) is 9.33. The predicted molar refractivity (Wildman–Crippen MR) is 71.3 cm³/mol. The van der Waals surface area contributed by atoms with Gasteiger partial charge in [-0.25, -0.2) is 0 Å². The number of aromatic amines is 1. The van der Waals surface area contributed by atoms with Crippen molar-refractivity contribution in [1.82, 2.24) is 15.5 Å². The van der Waals surface area contributed by atoms with E-state index >= 15 is 0 Å².